The largest absolute Gasteiger partial charge is 1.00 e. The summed E-state index contributed by atoms with van der Waals surface area (Å²) in [6, 6.07) is 17.1. The molecule has 0 radical (unpaired) electrons. The van der Waals surface area contributed by atoms with Crippen LogP contribution in [-0.2, 0) is 24.9 Å². The molecule has 0 aliphatic carbocycles. The van der Waals surface area contributed by atoms with Gasteiger partial charge in [0.25, 0.3) is 15.9 Å². The minimum absolute atomic E-state index is 0. The van der Waals surface area contributed by atoms with Crippen molar-refractivity contribution in [2.24, 2.45) is 15.3 Å². The van der Waals surface area contributed by atoms with Gasteiger partial charge < -0.3 is 4.55 Å². The van der Waals surface area contributed by atoms with Crippen LogP contribution in [-0.4, -0.2) is 45.6 Å². The Morgan fingerprint density at radius 3 is 2.21 bits per heavy atom. The first-order chi connectivity index (χ1) is 17.9. The molecule has 198 valence electrons. The van der Waals surface area contributed by atoms with E-state index in [1.807, 2.05) is 0 Å². The van der Waals surface area contributed by atoms with E-state index in [9.17, 15) is 26.2 Å². The standard InChI is InChI=1S/C25H25N5O6S2.Na/c1-4-29(20-8-6-5-7-9-20)37(32,33)23-16-19(11-10-17(23)2)26-27-24-18(3)28-30(25(24)31)21-12-14-22(15-13-21)38(34,35)36;/h5-16,24H,4H2,1-3H3,(H,34,35,36);/q;+1/p-1. The van der Waals surface area contributed by atoms with Crippen LogP contribution in [0.4, 0.5) is 17.1 Å². The van der Waals surface area contributed by atoms with Crippen molar-refractivity contribution >= 4 is 48.8 Å². The van der Waals surface area contributed by atoms with Crippen LogP contribution in [0.15, 0.2) is 97.9 Å². The zero-order valence-corrected chi connectivity index (χ0v) is 25.3. The molecule has 0 bridgehead atoms. The molecule has 4 rings (SSSR count). The molecular weight excluding hydrogens is 553 g/mol. The second-order valence-corrected chi connectivity index (χ2v) is 11.6. The van der Waals surface area contributed by atoms with Crippen LogP contribution in [0.1, 0.15) is 19.4 Å². The van der Waals surface area contributed by atoms with Crippen molar-refractivity contribution in [2.75, 3.05) is 15.9 Å². The Kier molecular flexibility index (Phi) is 9.47. The van der Waals surface area contributed by atoms with E-state index in [4.69, 9.17) is 0 Å². The summed E-state index contributed by atoms with van der Waals surface area (Å²) in [5.41, 5.74) is 1.89. The molecule has 39 heavy (non-hydrogen) atoms. The summed E-state index contributed by atoms with van der Waals surface area (Å²) in [5, 5.41) is 13.5. The van der Waals surface area contributed by atoms with Crippen molar-refractivity contribution in [3.63, 3.8) is 0 Å². The maximum Gasteiger partial charge on any atom is 1.00 e. The number of para-hydroxylation sites is 1. The SMILES string of the molecule is CCN(c1ccccc1)S(=O)(=O)c1cc(N=NC2C(=O)N(c3ccc(S(=O)(=O)[O-])cc3)N=C2C)ccc1C.[Na+]. The van der Waals surface area contributed by atoms with E-state index in [2.05, 4.69) is 15.3 Å². The second kappa shape index (κ2) is 12.1. The van der Waals surface area contributed by atoms with E-state index in [-0.39, 0.29) is 52.4 Å². The van der Waals surface area contributed by atoms with Crippen LogP contribution in [0.25, 0.3) is 0 Å². The van der Waals surface area contributed by atoms with Crippen LogP contribution in [0.5, 0.6) is 0 Å². The summed E-state index contributed by atoms with van der Waals surface area (Å²) >= 11 is 0. The number of hydrogen-bond donors (Lipinski definition) is 0. The number of amides is 1. The first-order valence-corrected chi connectivity index (χ1v) is 14.3. The number of hydrogen-bond acceptors (Lipinski definition) is 9. The monoisotopic (exact) mass is 577 g/mol. The van der Waals surface area contributed by atoms with Gasteiger partial charge in [-0.25, -0.2) is 16.8 Å². The van der Waals surface area contributed by atoms with Gasteiger partial charge in [0.2, 0.25) is 0 Å². The number of carbonyl (C=O) groups is 1. The molecular formula is C25H24N5NaO6S2. The molecule has 0 aromatic heterocycles. The fraction of sp³-hybridized carbons (Fsp3) is 0.200. The van der Waals surface area contributed by atoms with Gasteiger partial charge in [0, 0.05) is 6.54 Å². The molecule has 1 amide bonds. The average molecular weight is 578 g/mol. The fourth-order valence-electron chi connectivity index (χ4n) is 3.89. The molecule has 1 unspecified atom stereocenters. The summed E-state index contributed by atoms with van der Waals surface area (Å²) in [5.74, 6) is -0.537. The minimum Gasteiger partial charge on any atom is -0.744 e. The first-order valence-electron chi connectivity index (χ1n) is 11.5. The number of azo groups is 1. The van der Waals surface area contributed by atoms with Crippen molar-refractivity contribution in [1.82, 2.24) is 0 Å². The number of anilines is 2. The fourth-order valence-corrected chi connectivity index (χ4v) is 6.08. The maximum atomic E-state index is 13.5. The predicted octanol–water partition coefficient (Wildman–Crippen LogP) is 0.993. The van der Waals surface area contributed by atoms with E-state index >= 15 is 0 Å². The summed E-state index contributed by atoms with van der Waals surface area (Å²) in [7, 11) is -8.53. The third-order valence-electron chi connectivity index (χ3n) is 5.83. The Labute approximate surface area is 249 Å². The quantitative estimate of drug-likeness (QED) is 0.221. The van der Waals surface area contributed by atoms with Crippen LogP contribution in [0, 0.1) is 6.92 Å². The van der Waals surface area contributed by atoms with Crippen LogP contribution >= 0.6 is 0 Å². The summed E-state index contributed by atoms with van der Waals surface area (Å²) < 4.78 is 61.8. The molecule has 0 fully saturated rings. The number of rotatable bonds is 8. The van der Waals surface area contributed by atoms with E-state index in [1.54, 1.807) is 63.2 Å². The molecule has 14 heteroatoms. The van der Waals surface area contributed by atoms with Gasteiger partial charge in [0.15, 0.2) is 6.04 Å². The van der Waals surface area contributed by atoms with E-state index in [0.29, 0.717) is 17.0 Å². The molecule has 1 aliphatic heterocycles. The number of sulfonamides is 1. The van der Waals surface area contributed by atoms with Crippen molar-refractivity contribution in [3.05, 3.63) is 78.4 Å². The second-order valence-electron chi connectivity index (χ2n) is 8.41. The molecule has 0 saturated carbocycles. The Bertz CT molecular complexity index is 1640. The van der Waals surface area contributed by atoms with Crippen LogP contribution in [0.2, 0.25) is 0 Å². The van der Waals surface area contributed by atoms with Crippen molar-refractivity contribution < 1.29 is 55.7 Å². The van der Waals surface area contributed by atoms with Crippen LogP contribution in [0.3, 0.4) is 0 Å². The molecule has 1 aliphatic rings. The zero-order chi connectivity index (χ0) is 27.7. The number of nitrogens with zero attached hydrogens (tertiary/aromatic N) is 5. The van der Waals surface area contributed by atoms with Crippen molar-refractivity contribution in [1.29, 1.82) is 0 Å². The Balaban J connectivity index is 0.00000420. The average Bonchev–Trinajstić information content (AvgIpc) is 3.16. The van der Waals surface area contributed by atoms with Gasteiger partial charge in [-0.2, -0.15) is 20.3 Å². The third kappa shape index (κ3) is 6.45. The van der Waals surface area contributed by atoms with E-state index in [1.165, 1.54) is 22.5 Å². The normalized spacial score (nSPS) is 15.8. The Hall–Kier alpha value is -2.94. The molecule has 0 N–H and O–H groups in total. The Morgan fingerprint density at radius 1 is 0.974 bits per heavy atom. The third-order valence-corrected chi connectivity index (χ3v) is 8.72. The Morgan fingerprint density at radius 2 is 1.62 bits per heavy atom. The number of benzene rings is 3. The number of carbonyl (C=O) groups excluding carboxylic acids is 1. The summed E-state index contributed by atoms with van der Waals surface area (Å²) in [4.78, 5) is 12.6. The summed E-state index contributed by atoms with van der Waals surface area (Å²) in [6.45, 7) is 5.24. The van der Waals surface area contributed by atoms with Gasteiger partial charge in [-0.15, -0.1) is 0 Å². The van der Waals surface area contributed by atoms with E-state index < -0.39 is 37.0 Å². The maximum absolute atomic E-state index is 13.5. The van der Waals surface area contributed by atoms with E-state index in [0.717, 1.165) is 17.1 Å². The zero-order valence-electron chi connectivity index (χ0n) is 21.7. The molecule has 3 aromatic carbocycles. The van der Waals surface area contributed by atoms with Crippen LogP contribution < -0.4 is 38.9 Å². The van der Waals surface area contributed by atoms with Gasteiger partial charge in [0.05, 0.1) is 32.6 Å². The van der Waals surface area contributed by atoms with Gasteiger partial charge in [-0.1, -0.05) is 24.3 Å². The van der Waals surface area contributed by atoms with Crippen molar-refractivity contribution in [2.45, 2.75) is 36.6 Å². The molecule has 1 atom stereocenters. The predicted molar refractivity (Wildman–Crippen MR) is 141 cm³/mol. The number of hydrazone groups is 1. The van der Waals surface area contributed by atoms with Gasteiger partial charge >= 0.3 is 29.6 Å². The van der Waals surface area contributed by atoms with Crippen molar-refractivity contribution in [3.8, 4) is 0 Å². The minimum atomic E-state index is -4.63. The molecule has 0 saturated heterocycles. The molecule has 0 spiro atoms. The molecule has 11 nitrogen and oxygen atoms in total. The topological polar surface area (TPSA) is 152 Å². The first kappa shape index (κ1) is 30.6. The number of aryl methyl sites for hydroxylation is 1. The smallest absolute Gasteiger partial charge is 0.744 e. The summed E-state index contributed by atoms with van der Waals surface area (Å²) in [6.07, 6.45) is 0. The van der Waals surface area contributed by atoms with Gasteiger partial charge in [-0.3, -0.25) is 9.10 Å². The van der Waals surface area contributed by atoms with Gasteiger partial charge in [0.1, 0.15) is 10.1 Å². The molecule has 3 aromatic rings. The van der Waals surface area contributed by atoms with Gasteiger partial charge in [-0.05, 0) is 74.9 Å². The molecule has 1 heterocycles.